The number of fused-ring (bicyclic) bond motifs is 1. The standard InChI is InChI=1S/C16H20N2O2/c1-12(19)15(11-17(2)3)16(20)18-9-8-13-6-4-5-7-14(13)10-18/h4-7,11H,8-10H2,1-3H3/b15-11+. The van der Waals surface area contributed by atoms with Crippen molar-refractivity contribution in [2.24, 2.45) is 0 Å². The maximum atomic E-state index is 12.5. The summed E-state index contributed by atoms with van der Waals surface area (Å²) in [7, 11) is 3.61. The third-order valence-electron chi connectivity index (χ3n) is 3.41. The van der Waals surface area contributed by atoms with E-state index in [0.29, 0.717) is 13.1 Å². The molecule has 1 aliphatic heterocycles. The van der Waals surface area contributed by atoms with Crippen molar-refractivity contribution in [3.05, 3.63) is 47.2 Å². The smallest absolute Gasteiger partial charge is 0.259 e. The largest absolute Gasteiger partial charge is 0.383 e. The van der Waals surface area contributed by atoms with Gasteiger partial charge in [0.05, 0.1) is 5.57 Å². The molecule has 1 aromatic rings. The number of Topliss-reactive ketones (excluding diaryl/α,β-unsaturated/α-hetero) is 1. The van der Waals surface area contributed by atoms with Crippen molar-refractivity contribution in [2.75, 3.05) is 20.6 Å². The molecular weight excluding hydrogens is 252 g/mol. The Bertz CT molecular complexity index is 561. The van der Waals surface area contributed by atoms with E-state index in [-0.39, 0.29) is 17.3 Å². The van der Waals surface area contributed by atoms with Crippen LogP contribution in [0.25, 0.3) is 0 Å². The van der Waals surface area contributed by atoms with Crippen LogP contribution >= 0.6 is 0 Å². The van der Waals surface area contributed by atoms with Crippen LogP contribution in [0.1, 0.15) is 18.1 Å². The zero-order chi connectivity index (χ0) is 14.7. The predicted molar refractivity (Wildman–Crippen MR) is 78.0 cm³/mol. The van der Waals surface area contributed by atoms with E-state index in [0.717, 1.165) is 6.42 Å². The molecule has 0 fully saturated rings. The summed E-state index contributed by atoms with van der Waals surface area (Å²) in [6.07, 6.45) is 2.44. The number of carbonyl (C=O) groups is 2. The lowest BCUT2D eigenvalue weighted by Gasteiger charge is -2.29. The van der Waals surface area contributed by atoms with Gasteiger partial charge in [0, 0.05) is 33.4 Å². The molecule has 0 unspecified atom stereocenters. The highest BCUT2D eigenvalue weighted by Crippen LogP contribution is 2.20. The number of benzene rings is 1. The zero-order valence-electron chi connectivity index (χ0n) is 12.2. The van der Waals surface area contributed by atoms with Crippen molar-refractivity contribution in [3.63, 3.8) is 0 Å². The van der Waals surface area contributed by atoms with Gasteiger partial charge in [0.1, 0.15) is 0 Å². The summed E-state index contributed by atoms with van der Waals surface area (Å²) in [6.45, 7) is 2.67. The molecule has 1 aromatic carbocycles. The molecular formula is C16H20N2O2. The first-order valence-electron chi connectivity index (χ1n) is 6.74. The van der Waals surface area contributed by atoms with E-state index in [1.165, 1.54) is 18.1 Å². The highest BCUT2D eigenvalue weighted by molar-refractivity contribution is 6.18. The number of carbonyl (C=O) groups excluding carboxylic acids is 2. The summed E-state index contributed by atoms with van der Waals surface area (Å²) < 4.78 is 0. The molecule has 2 rings (SSSR count). The average Bonchev–Trinajstić information content (AvgIpc) is 2.43. The van der Waals surface area contributed by atoms with Crippen molar-refractivity contribution < 1.29 is 9.59 Å². The van der Waals surface area contributed by atoms with E-state index in [1.807, 2.05) is 32.3 Å². The Morgan fingerprint density at radius 3 is 2.45 bits per heavy atom. The minimum absolute atomic E-state index is 0.180. The number of amides is 1. The minimum Gasteiger partial charge on any atom is -0.383 e. The van der Waals surface area contributed by atoms with E-state index in [9.17, 15) is 9.59 Å². The highest BCUT2D eigenvalue weighted by Gasteiger charge is 2.25. The fourth-order valence-electron chi connectivity index (χ4n) is 2.39. The Morgan fingerprint density at radius 2 is 1.85 bits per heavy atom. The molecule has 106 valence electrons. The Hall–Kier alpha value is -2.10. The van der Waals surface area contributed by atoms with E-state index in [2.05, 4.69) is 6.07 Å². The second-order valence-electron chi connectivity index (χ2n) is 5.31. The molecule has 0 saturated carbocycles. The van der Waals surface area contributed by atoms with Gasteiger partial charge >= 0.3 is 0 Å². The summed E-state index contributed by atoms with van der Waals surface area (Å²) in [6, 6.07) is 8.13. The molecule has 4 nitrogen and oxygen atoms in total. The molecule has 0 atom stereocenters. The first-order valence-corrected chi connectivity index (χ1v) is 6.74. The van der Waals surface area contributed by atoms with Crippen LogP contribution in [0.3, 0.4) is 0 Å². The summed E-state index contributed by atoms with van der Waals surface area (Å²) in [5.74, 6) is -0.372. The topological polar surface area (TPSA) is 40.6 Å². The highest BCUT2D eigenvalue weighted by atomic mass is 16.2. The van der Waals surface area contributed by atoms with Gasteiger partial charge in [-0.1, -0.05) is 24.3 Å². The third-order valence-corrected chi connectivity index (χ3v) is 3.41. The summed E-state index contributed by atoms with van der Waals surface area (Å²) >= 11 is 0. The normalized spacial score (nSPS) is 14.8. The first kappa shape index (κ1) is 14.3. The summed E-state index contributed by atoms with van der Waals surface area (Å²) in [5, 5.41) is 0. The van der Waals surface area contributed by atoms with Crippen LogP contribution in [-0.2, 0) is 22.6 Å². The second-order valence-corrected chi connectivity index (χ2v) is 5.31. The summed E-state index contributed by atoms with van der Waals surface area (Å²) in [5.41, 5.74) is 2.70. The lowest BCUT2D eigenvalue weighted by molar-refractivity contribution is -0.130. The molecule has 0 aromatic heterocycles. The number of hydrogen-bond donors (Lipinski definition) is 0. The van der Waals surface area contributed by atoms with Crippen LogP contribution in [0.15, 0.2) is 36.0 Å². The van der Waals surface area contributed by atoms with Gasteiger partial charge in [-0.15, -0.1) is 0 Å². The van der Waals surface area contributed by atoms with Crippen molar-refractivity contribution >= 4 is 11.7 Å². The average molecular weight is 272 g/mol. The van der Waals surface area contributed by atoms with E-state index >= 15 is 0 Å². The molecule has 0 saturated heterocycles. The van der Waals surface area contributed by atoms with Crippen LogP contribution in [0.2, 0.25) is 0 Å². The molecule has 1 heterocycles. The van der Waals surface area contributed by atoms with Crippen LogP contribution < -0.4 is 0 Å². The molecule has 0 radical (unpaired) electrons. The fourth-order valence-corrected chi connectivity index (χ4v) is 2.39. The molecule has 0 aliphatic carbocycles. The minimum atomic E-state index is -0.192. The Balaban J connectivity index is 2.21. The molecule has 1 amide bonds. The van der Waals surface area contributed by atoms with Gasteiger partial charge in [0.25, 0.3) is 5.91 Å². The lowest BCUT2D eigenvalue weighted by atomic mass is 9.99. The number of rotatable bonds is 3. The quantitative estimate of drug-likeness (QED) is 0.477. The van der Waals surface area contributed by atoms with Gasteiger partial charge < -0.3 is 9.80 Å². The Labute approximate surface area is 119 Å². The molecule has 1 aliphatic rings. The van der Waals surface area contributed by atoms with Gasteiger partial charge in [-0.25, -0.2) is 0 Å². The zero-order valence-corrected chi connectivity index (χ0v) is 12.2. The van der Waals surface area contributed by atoms with Crippen LogP contribution in [0.5, 0.6) is 0 Å². The van der Waals surface area contributed by atoms with E-state index in [1.54, 1.807) is 16.0 Å². The van der Waals surface area contributed by atoms with Crippen molar-refractivity contribution in [1.29, 1.82) is 0 Å². The van der Waals surface area contributed by atoms with Gasteiger partial charge in [0.15, 0.2) is 5.78 Å². The third kappa shape index (κ3) is 3.07. The monoisotopic (exact) mass is 272 g/mol. The molecule has 0 spiro atoms. The molecule has 0 bridgehead atoms. The van der Waals surface area contributed by atoms with Gasteiger partial charge in [0.2, 0.25) is 0 Å². The SMILES string of the molecule is CC(=O)/C(=C\N(C)C)C(=O)N1CCc2ccccc2C1. The second kappa shape index (κ2) is 5.90. The number of nitrogens with zero attached hydrogens (tertiary/aromatic N) is 2. The van der Waals surface area contributed by atoms with Crippen molar-refractivity contribution in [3.8, 4) is 0 Å². The molecule has 0 N–H and O–H groups in total. The van der Waals surface area contributed by atoms with Crippen molar-refractivity contribution in [1.82, 2.24) is 9.80 Å². The van der Waals surface area contributed by atoms with Crippen LogP contribution in [-0.4, -0.2) is 42.1 Å². The fraction of sp³-hybridized carbons (Fsp3) is 0.375. The Kier molecular flexibility index (Phi) is 4.23. The van der Waals surface area contributed by atoms with Gasteiger partial charge in [-0.2, -0.15) is 0 Å². The first-order chi connectivity index (χ1) is 9.49. The van der Waals surface area contributed by atoms with Crippen LogP contribution in [0.4, 0.5) is 0 Å². The van der Waals surface area contributed by atoms with E-state index in [4.69, 9.17) is 0 Å². The lowest BCUT2D eigenvalue weighted by Crippen LogP contribution is -2.38. The van der Waals surface area contributed by atoms with Crippen LogP contribution in [0, 0.1) is 0 Å². The van der Waals surface area contributed by atoms with Gasteiger partial charge in [-0.3, -0.25) is 9.59 Å². The maximum absolute atomic E-state index is 12.5. The molecule has 4 heteroatoms. The molecule has 20 heavy (non-hydrogen) atoms. The Morgan fingerprint density at radius 1 is 1.20 bits per heavy atom. The summed E-state index contributed by atoms with van der Waals surface area (Å²) in [4.78, 5) is 27.6. The van der Waals surface area contributed by atoms with E-state index < -0.39 is 0 Å². The van der Waals surface area contributed by atoms with Crippen molar-refractivity contribution in [2.45, 2.75) is 19.9 Å². The predicted octanol–water partition coefficient (Wildman–Crippen LogP) is 1.61. The van der Waals surface area contributed by atoms with Gasteiger partial charge in [-0.05, 0) is 24.5 Å². The number of ketones is 1. The maximum Gasteiger partial charge on any atom is 0.259 e. The number of hydrogen-bond acceptors (Lipinski definition) is 3.